The van der Waals surface area contributed by atoms with Gasteiger partial charge >= 0.3 is 12.1 Å². The second-order valence-electron chi connectivity index (χ2n) is 4.11. The van der Waals surface area contributed by atoms with Gasteiger partial charge in [0, 0.05) is 5.56 Å². The van der Waals surface area contributed by atoms with E-state index in [1.807, 2.05) is 0 Å². The average molecular weight is 337 g/mol. The van der Waals surface area contributed by atoms with Gasteiger partial charge in [0.1, 0.15) is 5.75 Å². The molecule has 1 atom stereocenters. The molecule has 0 aromatic heterocycles. The van der Waals surface area contributed by atoms with Crippen molar-refractivity contribution in [2.45, 2.75) is 19.2 Å². The molecule has 0 aliphatic carbocycles. The Morgan fingerprint density at radius 3 is 2.58 bits per heavy atom. The van der Waals surface area contributed by atoms with Crippen molar-refractivity contribution in [3.8, 4) is 5.75 Å². The first-order chi connectivity index (χ1) is 8.70. The number of carbonyl (C=O) groups is 1. The predicted molar refractivity (Wildman–Crippen MR) is 65.0 cm³/mol. The monoisotopic (exact) mass is 336 g/mol. The molecular weight excluding hydrogens is 329 g/mol. The van der Waals surface area contributed by atoms with Crippen LogP contribution < -0.4 is 4.74 Å². The lowest BCUT2D eigenvalue weighted by Crippen LogP contribution is -2.40. The van der Waals surface area contributed by atoms with Crippen molar-refractivity contribution in [1.29, 1.82) is 0 Å². The number of aryl methyl sites for hydroxylation is 1. The summed E-state index contributed by atoms with van der Waals surface area (Å²) in [6.45, 7) is 1.75. The third-order valence-electron chi connectivity index (χ3n) is 2.59. The van der Waals surface area contributed by atoms with Gasteiger partial charge in [-0.1, -0.05) is 0 Å². The van der Waals surface area contributed by atoms with Crippen LogP contribution in [0.3, 0.4) is 0 Å². The van der Waals surface area contributed by atoms with Crippen LogP contribution in [0.25, 0.3) is 6.08 Å². The summed E-state index contributed by atoms with van der Waals surface area (Å²) in [6.07, 6.45) is -6.25. The number of carboxylic acid groups (broad SMARTS) is 1. The van der Waals surface area contributed by atoms with Crippen LogP contribution in [0.5, 0.6) is 5.75 Å². The quantitative estimate of drug-likeness (QED) is 0.853. The fourth-order valence-electron chi connectivity index (χ4n) is 1.83. The lowest BCUT2D eigenvalue weighted by Gasteiger charge is -2.27. The van der Waals surface area contributed by atoms with Crippen molar-refractivity contribution < 1.29 is 27.8 Å². The summed E-state index contributed by atoms with van der Waals surface area (Å²) >= 11 is 3.11. The van der Waals surface area contributed by atoms with E-state index in [-0.39, 0.29) is 5.75 Å². The van der Waals surface area contributed by atoms with Gasteiger partial charge in [-0.25, -0.2) is 4.79 Å². The highest BCUT2D eigenvalue weighted by Gasteiger charge is 2.48. The van der Waals surface area contributed by atoms with Crippen LogP contribution in [0.4, 0.5) is 13.2 Å². The lowest BCUT2D eigenvalue weighted by molar-refractivity contribution is -0.187. The lowest BCUT2D eigenvalue weighted by atomic mass is 10.00. The number of ether oxygens (including phenoxy) is 1. The molecule has 1 aromatic rings. The number of hydrogen-bond acceptors (Lipinski definition) is 2. The van der Waals surface area contributed by atoms with Crippen molar-refractivity contribution >= 4 is 28.0 Å². The van der Waals surface area contributed by atoms with Gasteiger partial charge < -0.3 is 9.84 Å². The minimum atomic E-state index is -4.79. The highest BCUT2D eigenvalue weighted by atomic mass is 79.9. The van der Waals surface area contributed by atoms with Gasteiger partial charge in [0.25, 0.3) is 0 Å². The van der Waals surface area contributed by atoms with Gasteiger partial charge in [0.05, 0.1) is 10.0 Å². The minimum Gasteiger partial charge on any atom is -0.478 e. The first-order valence-corrected chi connectivity index (χ1v) is 5.98. The molecule has 1 aliphatic rings. The van der Waals surface area contributed by atoms with Gasteiger partial charge in [-0.15, -0.1) is 0 Å². The Kier molecular flexibility index (Phi) is 3.34. The number of alkyl halides is 3. The number of hydrogen-bond donors (Lipinski definition) is 1. The summed E-state index contributed by atoms with van der Waals surface area (Å²) in [4.78, 5) is 10.9. The van der Waals surface area contributed by atoms with Crippen molar-refractivity contribution in [2.75, 3.05) is 0 Å². The van der Waals surface area contributed by atoms with Crippen LogP contribution in [0, 0.1) is 6.92 Å². The van der Waals surface area contributed by atoms with E-state index in [1.165, 1.54) is 0 Å². The zero-order valence-corrected chi connectivity index (χ0v) is 11.2. The van der Waals surface area contributed by atoms with Gasteiger partial charge in [0.15, 0.2) is 0 Å². The molecule has 0 amide bonds. The molecule has 7 heteroatoms. The molecule has 0 radical (unpaired) electrons. The molecule has 1 aliphatic heterocycles. The summed E-state index contributed by atoms with van der Waals surface area (Å²) in [5, 5.41) is 8.88. The molecule has 1 heterocycles. The standard InChI is InChI=1S/C12H8BrF3O3/c1-5-2-6-4-7(11(17)18)10(12(14,15)16)19-9(6)8(13)3-5/h2-4,10H,1H3,(H,17,18)/t10-/m0/s1. The Hall–Kier alpha value is -1.50. The van der Waals surface area contributed by atoms with E-state index in [0.29, 0.717) is 10.0 Å². The SMILES string of the molecule is Cc1cc(Br)c2c(c1)C=C(C(=O)O)[C@@H](C(F)(F)F)O2. The van der Waals surface area contributed by atoms with Crippen LogP contribution in [0.2, 0.25) is 0 Å². The van der Waals surface area contributed by atoms with E-state index in [4.69, 9.17) is 9.84 Å². The summed E-state index contributed by atoms with van der Waals surface area (Å²) < 4.78 is 43.6. The van der Waals surface area contributed by atoms with Crippen LogP contribution >= 0.6 is 15.9 Å². The second-order valence-corrected chi connectivity index (χ2v) is 4.96. The molecule has 102 valence electrons. The summed E-state index contributed by atoms with van der Waals surface area (Å²) in [6, 6.07) is 3.17. The molecular formula is C12H8BrF3O3. The Morgan fingerprint density at radius 2 is 2.05 bits per heavy atom. The van der Waals surface area contributed by atoms with E-state index in [1.54, 1.807) is 19.1 Å². The Morgan fingerprint density at radius 1 is 1.42 bits per heavy atom. The molecule has 0 fully saturated rings. The summed E-state index contributed by atoms with van der Waals surface area (Å²) in [7, 11) is 0. The van der Waals surface area contributed by atoms with Gasteiger partial charge in [-0.05, 0) is 46.6 Å². The first-order valence-electron chi connectivity index (χ1n) is 5.18. The number of fused-ring (bicyclic) bond motifs is 1. The molecule has 0 saturated carbocycles. The van der Waals surface area contributed by atoms with Crippen molar-refractivity contribution in [1.82, 2.24) is 0 Å². The fraction of sp³-hybridized carbons (Fsp3) is 0.250. The van der Waals surface area contributed by atoms with Gasteiger partial charge in [-0.2, -0.15) is 13.2 Å². The Bertz CT molecular complexity index is 578. The zero-order chi connectivity index (χ0) is 14.4. The molecule has 19 heavy (non-hydrogen) atoms. The normalized spacial score (nSPS) is 18.4. The van der Waals surface area contributed by atoms with E-state index in [2.05, 4.69) is 15.9 Å². The van der Waals surface area contributed by atoms with Crippen molar-refractivity contribution in [3.63, 3.8) is 0 Å². The third kappa shape index (κ3) is 2.60. The zero-order valence-electron chi connectivity index (χ0n) is 9.58. The number of rotatable bonds is 1. The Balaban J connectivity index is 2.61. The largest absolute Gasteiger partial charge is 0.478 e. The number of halogens is 4. The van der Waals surface area contributed by atoms with E-state index in [9.17, 15) is 18.0 Å². The molecule has 0 saturated heterocycles. The summed E-state index contributed by atoms with van der Waals surface area (Å²) in [5.41, 5.74) is 0.267. The molecule has 1 N–H and O–H groups in total. The van der Waals surface area contributed by atoms with Crippen LogP contribution in [0.15, 0.2) is 22.2 Å². The van der Waals surface area contributed by atoms with Crippen LogP contribution in [-0.2, 0) is 4.79 Å². The maximum absolute atomic E-state index is 12.8. The minimum absolute atomic E-state index is 0.00192. The second kappa shape index (κ2) is 4.56. The number of aliphatic carboxylic acids is 1. The van der Waals surface area contributed by atoms with E-state index >= 15 is 0 Å². The first kappa shape index (κ1) is 13.9. The van der Waals surface area contributed by atoms with Gasteiger partial charge in [-0.3, -0.25) is 0 Å². The van der Waals surface area contributed by atoms with Crippen molar-refractivity contribution in [3.05, 3.63) is 33.3 Å². The number of carboxylic acids is 1. The van der Waals surface area contributed by atoms with Crippen LogP contribution in [0.1, 0.15) is 11.1 Å². The molecule has 0 bridgehead atoms. The molecule has 0 unspecified atom stereocenters. The fourth-order valence-corrected chi connectivity index (χ4v) is 2.51. The smallest absolute Gasteiger partial charge is 0.430 e. The molecule has 1 aromatic carbocycles. The molecule has 2 rings (SSSR count). The maximum atomic E-state index is 12.8. The Labute approximate surface area is 114 Å². The molecule has 3 nitrogen and oxygen atoms in total. The molecule has 0 spiro atoms. The van der Waals surface area contributed by atoms with E-state index < -0.39 is 23.8 Å². The maximum Gasteiger partial charge on any atom is 0.430 e. The van der Waals surface area contributed by atoms with Gasteiger partial charge in [0.2, 0.25) is 6.10 Å². The van der Waals surface area contributed by atoms with Crippen molar-refractivity contribution in [2.24, 2.45) is 0 Å². The predicted octanol–water partition coefficient (Wildman–Crippen LogP) is 3.55. The van der Waals surface area contributed by atoms with Crippen LogP contribution in [-0.4, -0.2) is 23.4 Å². The number of benzene rings is 1. The van der Waals surface area contributed by atoms with E-state index in [0.717, 1.165) is 11.6 Å². The topological polar surface area (TPSA) is 46.5 Å². The average Bonchev–Trinajstić information content (AvgIpc) is 2.25. The third-order valence-corrected chi connectivity index (χ3v) is 3.18. The summed E-state index contributed by atoms with van der Waals surface area (Å²) in [5.74, 6) is -1.65. The highest BCUT2D eigenvalue weighted by molar-refractivity contribution is 9.10. The highest BCUT2D eigenvalue weighted by Crippen LogP contribution is 2.41.